The molecule has 4 heterocycles. The van der Waals surface area contributed by atoms with Crippen LogP contribution in [0, 0.1) is 0 Å². The van der Waals surface area contributed by atoms with Gasteiger partial charge in [0.2, 0.25) is 0 Å². The number of fused-ring (bicyclic) bond motifs is 9. The molecule has 0 N–H and O–H groups in total. The molecule has 0 spiro atoms. The van der Waals surface area contributed by atoms with E-state index in [4.69, 9.17) is 9.97 Å². The van der Waals surface area contributed by atoms with Crippen LogP contribution in [0.25, 0.3) is 81.6 Å². The Morgan fingerprint density at radius 1 is 0.532 bits per heavy atom. The second-order valence-electron chi connectivity index (χ2n) is 13.0. The van der Waals surface area contributed by atoms with Crippen LogP contribution in [-0.4, -0.2) is 22.6 Å². The Hall–Kier alpha value is -5.36. The van der Waals surface area contributed by atoms with E-state index in [-0.39, 0.29) is 0 Å². The van der Waals surface area contributed by atoms with E-state index in [1.807, 2.05) is 17.4 Å². The number of aromatic nitrogens is 3. The number of para-hydroxylation sites is 1. The van der Waals surface area contributed by atoms with E-state index in [1.165, 1.54) is 57.9 Å². The smallest absolute Gasteiger partial charge is 0.160 e. The first-order valence-electron chi connectivity index (χ1n) is 16.1. The van der Waals surface area contributed by atoms with Gasteiger partial charge >= 0.3 is 0 Å². The van der Waals surface area contributed by atoms with Crippen molar-refractivity contribution in [2.75, 3.05) is 0 Å². The minimum absolute atomic E-state index is 0.773. The molecule has 10 rings (SSSR count). The number of nitrogens with zero attached hydrogens (tertiary/aromatic N) is 3. The maximum atomic E-state index is 5.39. The molecule has 0 fully saturated rings. The molecule has 0 bridgehead atoms. The summed E-state index contributed by atoms with van der Waals surface area (Å²) in [5.41, 5.74) is 9.13. The summed E-state index contributed by atoms with van der Waals surface area (Å²) in [7, 11) is -2.08. The number of rotatable bonds is 3. The van der Waals surface area contributed by atoms with Gasteiger partial charge in [-0.3, -0.25) is 0 Å². The lowest BCUT2D eigenvalue weighted by Crippen LogP contribution is -2.50. The van der Waals surface area contributed by atoms with Crippen molar-refractivity contribution in [3.8, 4) is 39.6 Å². The Bertz CT molecular complexity index is 2720. The normalized spacial score (nSPS) is 13.5. The van der Waals surface area contributed by atoms with Gasteiger partial charge in [-0.2, -0.15) is 0 Å². The van der Waals surface area contributed by atoms with E-state index in [2.05, 4.69) is 151 Å². The zero-order valence-corrected chi connectivity index (χ0v) is 27.8. The number of benzene rings is 6. The summed E-state index contributed by atoms with van der Waals surface area (Å²) in [6.45, 7) is 4.89. The van der Waals surface area contributed by atoms with Crippen LogP contribution in [0.4, 0.5) is 0 Å². The highest BCUT2D eigenvalue weighted by atomic mass is 32.1. The largest absolute Gasteiger partial charge is 0.309 e. The quantitative estimate of drug-likeness (QED) is 0.181. The minimum atomic E-state index is -2.08. The molecule has 0 radical (unpaired) electrons. The molecule has 1 aliphatic heterocycles. The molecule has 0 aliphatic carbocycles. The summed E-state index contributed by atoms with van der Waals surface area (Å²) in [4.78, 5) is 10.7. The lowest BCUT2D eigenvalue weighted by atomic mass is 10.1. The molecule has 6 aromatic carbocycles. The summed E-state index contributed by atoms with van der Waals surface area (Å²) in [6, 6.07) is 50.6. The first-order valence-corrected chi connectivity index (χ1v) is 19.9. The summed E-state index contributed by atoms with van der Waals surface area (Å²) < 4.78 is 5.08. The Kier molecular flexibility index (Phi) is 5.60. The van der Waals surface area contributed by atoms with Gasteiger partial charge in [-0.05, 0) is 52.3 Å². The molecule has 3 aromatic heterocycles. The van der Waals surface area contributed by atoms with Crippen molar-refractivity contribution in [1.82, 2.24) is 14.5 Å². The average molecular weight is 636 g/mol. The molecule has 0 saturated heterocycles. The van der Waals surface area contributed by atoms with Gasteiger partial charge in [0.05, 0.1) is 22.4 Å². The Balaban J connectivity index is 1.24. The van der Waals surface area contributed by atoms with Crippen LogP contribution in [-0.2, 0) is 0 Å². The number of hydrogen-bond acceptors (Lipinski definition) is 3. The molecule has 47 heavy (non-hydrogen) atoms. The lowest BCUT2D eigenvalue weighted by molar-refractivity contribution is 1.17. The molecular weight excluding hydrogens is 607 g/mol. The zero-order chi connectivity index (χ0) is 31.3. The summed E-state index contributed by atoms with van der Waals surface area (Å²) >= 11 is 1.87. The highest BCUT2D eigenvalue weighted by molar-refractivity contribution is 7.25. The van der Waals surface area contributed by atoms with Gasteiger partial charge in [0.15, 0.2) is 5.82 Å². The fourth-order valence-corrected chi connectivity index (χ4v) is 12.2. The second kappa shape index (κ2) is 9.82. The van der Waals surface area contributed by atoms with Crippen molar-refractivity contribution in [3.63, 3.8) is 0 Å². The fraction of sp³-hybridized carbons (Fsp3) is 0.0476. The molecule has 0 saturated carbocycles. The van der Waals surface area contributed by atoms with Crippen LogP contribution < -0.4 is 10.4 Å². The molecule has 1 aliphatic rings. The molecule has 3 nitrogen and oxygen atoms in total. The van der Waals surface area contributed by atoms with Crippen molar-refractivity contribution in [2.24, 2.45) is 0 Å². The molecule has 5 heteroatoms. The highest BCUT2D eigenvalue weighted by Crippen LogP contribution is 2.41. The van der Waals surface area contributed by atoms with Gasteiger partial charge < -0.3 is 4.57 Å². The van der Waals surface area contributed by atoms with Gasteiger partial charge in [0.1, 0.15) is 8.07 Å². The predicted molar refractivity (Wildman–Crippen MR) is 202 cm³/mol. The fourth-order valence-electron chi connectivity index (χ4n) is 7.80. The molecule has 0 amide bonds. The van der Waals surface area contributed by atoms with E-state index in [0.29, 0.717) is 0 Å². The van der Waals surface area contributed by atoms with Crippen LogP contribution in [0.15, 0.2) is 140 Å². The van der Waals surface area contributed by atoms with E-state index in [0.717, 1.165) is 34.0 Å². The molecule has 0 unspecified atom stereocenters. The first kappa shape index (κ1) is 26.8. The molecule has 0 atom stereocenters. The molecule has 9 aromatic rings. The average Bonchev–Trinajstić information content (AvgIpc) is 3.72. The SMILES string of the molecule is C[Si]1(C)c2ccccc2-c2nc(-c3ccccc3)nc(-c3cccc(-n4c5ccccc5c5cc6c(cc54)sc4ccccc46)c3)c21. The van der Waals surface area contributed by atoms with Crippen LogP contribution in [0.3, 0.4) is 0 Å². The maximum Gasteiger partial charge on any atom is 0.160 e. The van der Waals surface area contributed by atoms with Crippen LogP contribution >= 0.6 is 11.3 Å². The number of thiophene rings is 1. The van der Waals surface area contributed by atoms with E-state index in [9.17, 15) is 0 Å². The van der Waals surface area contributed by atoms with E-state index >= 15 is 0 Å². The zero-order valence-electron chi connectivity index (χ0n) is 26.0. The Labute approximate surface area is 277 Å². The number of hydrogen-bond donors (Lipinski definition) is 0. The molecule has 222 valence electrons. The summed E-state index contributed by atoms with van der Waals surface area (Å²) in [6.07, 6.45) is 0. The lowest BCUT2D eigenvalue weighted by Gasteiger charge is -2.22. The van der Waals surface area contributed by atoms with Crippen molar-refractivity contribution in [1.29, 1.82) is 0 Å². The van der Waals surface area contributed by atoms with Gasteiger partial charge in [0, 0.05) is 47.8 Å². The predicted octanol–water partition coefficient (Wildman–Crippen LogP) is 10.1. The van der Waals surface area contributed by atoms with Crippen molar-refractivity contribution in [3.05, 3.63) is 140 Å². The monoisotopic (exact) mass is 635 g/mol. The van der Waals surface area contributed by atoms with Crippen LogP contribution in [0.2, 0.25) is 13.1 Å². The minimum Gasteiger partial charge on any atom is -0.309 e. The second-order valence-corrected chi connectivity index (χ2v) is 18.4. The van der Waals surface area contributed by atoms with Gasteiger partial charge in [-0.1, -0.05) is 116 Å². The van der Waals surface area contributed by atoms with E-state index < -0.39 is 8.07 Å². The maximum absolute atomic E-state index is 5.39. The van der Waals surface area contributed by atoms with Gasteiger partial charge in [-0.15, -0.1) is 11.3 Å². The van der Waals surface area contributed by atoms with Crippen molar-refractivity contribution >= 4 is 71.8 Å². The third-order valence-corrected chi connectivity index (χ3v) is 14.6. The highest BCUT2D eigenvalue weighted by Gasteiger charge is 2.41. The standard InChI is InChI=1S/C42H29N3SSi/c1-47(2)38-22-11-8-19-31(38)40-41(47)39(43-42(44-40)26-13-4-3-5-14-26)27-15-12-16-28(23-27)45-34-20-9-6-17-29(34)32-24-33-30-18-7-10-21-36(30)46-37(33)25-35(32)45/h3-25H,1-2H3. The third-order valence-electron chi connectivity index (χ3n) is 9.97. The van der Waals surface area contributed by atoms with Gasteiger partial charge in [-0.25, -0.2) is 9.97 Å². The first-order chi connectivity index (χ1) is 23.1. The van der Waals surface area contributed by atoms with Crippen molar-refractivity contribution in [2.45, 2.75) is 13.1 Å². The van der Waals surface area contributed by atoms with Gasteiger partial charge in [0.25, 0.3) is 0 Å². The Morgan fingerprint density at radius 2 is 1.26 bits per heavy atom. The Morgan fingerprint density at radius 3 is 2.15 bits per heavy atom. The van der Waals surface area contributed by atoms with Crippen LogP contribution in [0.5, 0.6) is 0 Å². The topological polar surface area (TPSA) is 30.7 Å². The summed E-state index contributed by atoms with van der Waals surface area (Å²) in [5.74, 6) is 0.773. The summed E-state index contributed by atoms with van der Waals surface area (Å²) in [5, 5.41) is 7.95. The van der Waals surface area contributed by atoms with Crippen LogP contribution in [0.1, 0.15) is 0 Å². The molecular formula is C42H29N3SSi. The van der Waals surface area contributed by atoms with E-state index in [1.54, 1.807) is 0 Å². The third kappa shape index (κ3) is 3.84. The van der Waals surface area contributed by atoms with Crippen molar-refractivity contribution < 1.29 is 0 Å².